The van der Waals surface area contributed by atoms with E-state index in [0.717, 1.165) is 12.2 Å². The highest BCUT2D eigenvalue weighted by molar-refractivity contribution is 7.23. The van der Waals surface area contributed by atoms with Crippen LogP contribution >= 0.6 is 11.3 Å². The fraction of sp³-hybridized carbons (Fsp3) is 0.0667. The normalized spacial score (nSPS) is 13.1. The van der Waals surface area contributed by atoms with Gasteiger partial charge in [-0.3, -0.25) is 0 Å². The van der Waals surface area contributed by atoms with E-state index >= 15 is 0 Å². The topological polar surface area (TPSA) is 21.2 Å². The smallest absolute Gasteiger partial charge is 0.224 e. The van der Waals surface area contributed by atoms with Crippen LogP contribution in [-0.4, -0.2) is 9.38 Å². The molecule has 1 aliphatic heterocycles. The highest BCUT2D eigenvalue weighted by Gasteiger charge is 2.31. The summed E-state index contributed by atoms with van der Waals surface area (Å²) in [6, 6.07) is 12.8. The molecule has 4 heterocycles. The van der Waals surface area contributed by atoms with Crippen LogP contribution in [0.15, 0.2) is 48.8 Å². The van der Waals surface area contributed by atoms with E-state index in [1.165, 1.54) is 26.5 Å². The van der Waals surface area contributed by atoms with E-state index in [0.29, 0.717) is 0 Å². The van der Waals surface area contributed by atoms with E-state index in [1.807, 2.05) is 12.3 Å². The zero-order chi connectivity index (χ0) is 12.4. The Kier molecular flexibility index (Phi) is 1.64. The van der Waals surface area contributed by atoms with E-state index in [2.05, 4.69) is 50.5 Å². The molecule has 19 heavy (non-hydrogen) atoms. The molecule has 0 radical (unpaired) electrons. The van der Waals surface area contributed by atoms with Gasteiger partial charge in [-0.2, -0.15) is 4.40 Å². The zero-order valence-corrected chi connectivity index (χ0v) is 10.9. The standard InChI is InChI=1S/C15H10N3S/c1-2-5-11-10(4-1)8-17-9-13-18(15(11)17)14-12(19-13)6-3-7-16-14/h1-7,9H,8H2/q+1. The summed E-state index contributed by atoms with van der Waals surface area (Å²) in [5.74, 6) is 1.26. The Bertz CT molecular complexity index is 949. The highest BCUT2D eigenvalue weighted by Crippen LogP contribution is 2.33. The number of rotatable bonds is 0. The lowest BCUT2D eigenvalue weighted by atomic mass is 10.1. The summed E-state index contributed by atoms with van der Waals surface area (Å²) in [5.41, 5.74) is 3.78. The quantitative estimate of drug-likeness (QED) is 0.394. The minimum atomic E-state index is 0.967. The molecule has 4 heteroatoms. The van der Waals surface area contributed by atoms with Gasteiger partial charge in [0.1, 0.15) is 12.7 Å². The van der Waals surface area contributed by atoms with Crippen LogP contribution < -0.4 is 4.57 Å². The third-order valence-corrected chi connectivity index (χ3v) is 4.78. The van der Waals surface area contributed by atoms with Crippen LogP contribution in [0.3, 0.4) is 0 Å². The third kappa shape index (κ3) is 1.12. The fourth-order valence-corrected chi connectivity index (χ4v) is 4.01. The second kappa shape index (κ2) is 3.22. The molecule has 0 bridgehead atoms. The second-order valence-electron chi connectivity index (χ2n) is 4.84. The van der Waals surface area contributed by atoms with E-state index in [4.69, 9.17) is 0 Å². The van der Waals surface area contributed by atoms with Crippen molar-refractivity contribution in [1.82, 2.24) is 9.38 Å². The Morgan fingerprint density at radius 1 is 1.16 bits per heavy atom. The summed E-state index contributed by atoms with van der Waals surface area (Å²) in [6.45, 7) is 0.967. The predicted molar refractivity (Wildman–Crippen MR) is 75.3 cm³/mol. The summed E-state index contributed by atoms with van der Waals surface area (Å²) in [5, 5.41) is 0. The largest absolute Gasteiger partial charge is 0.297 e. The van der Waals surface area contributed by atoms with Crippen LogP contribution in [0, 0.1) is 0 Å². The minimum Gasteiger partial charge on any atom is -0.224 e. The lowest BCUT2D eigenvalue weighted by Crippen LogP contribution is -2.29. The molecule has 0 saturated carbocycles. The van der Waals surface area contributed by atoms with Gasteiger partial charge in [0.25, 0.3) is 5.82 Å². The van der Waals surface area contributed by atoms with Crippen molar-refractivity contribution in [3.05, 3.63) is 54.4 Å². The van der Waals surface area contributed by atoms with Crippen LogP contribution in [0.25, 0.3) is 26.6 Å². The molecular formula is C15H10N3S+. The summed E-state index contributed by atoms with van der Waals surface area (Å²) >= 11 is 1.80. The summed E-state index contributed by atoms with van der Waals surface area (Å²) < 4.78 is 5.85. The maximum Gasteiger partial charge on any atom is 0.297 e. The molecular weight excluding hydrogens is 254 g/mol. The van der Waals surface area contributed by atoms with Crippen LogP contribution in [0.5, 0.6) is 0 Å². The Balaban J connectivity index is 2.00. The summed E-state index contributed by atoms with van der Waals surface area (Å²) in [4.78, 5) is 5.81. The number of benzene rings is 1. The van der Waals surface area contributed by atoms with Crippen molar-refractivity contribution in [3.63, 3.8) is 0 Å². The number of thiazole rings is 1. The number of fused-ring (bicyclic) bond motifs is 7. The molecule has 0 aliphatic carbocycles. The molecule has 3 aromatic heterocycles. The lowest BCUT2D eigenvalue weighted by molar-refractivity contribution is -0.670. The van der Waals surface area contributed by atoms with E-state index in [9.17, 15) is 0 Å². The van der Waals surface area contributed by atoms with Crippen molar-refractivity contribution in [1.29, 1.82) is 0 Å². The van der Waals surface area contributed by atoms with Crippen molar-refractivity contribution < 1.29 is 4.57 Å². The third-order valence-electron chi connectivity index (χ3n) is 3.75. The van der Waals surface area contributed by atoms with Gasteiger partial charge in [-0.1, -0.05) is 29.5 Å². The molecule has 1 aliphatic rings. The van der Waals surface area contributed by atoms with Gasteiger partial charge in [0.05, 0.1) is 10.3 Å². The maximum absolute atomic E-state index is 4.55. The Morgan fingerprint density at radius 2 is 2.11 bits per heavy atom. The van der Waals surface area contributed by atoms with Gasteiger partial charge in [-0.05, 0) is 18.2 Å². The van der Waals surface area contributed by atoms with Crippen molar-refractivity contribution in [2.75, 3.05) is 0 Å². The van der Waals surface area contributed by atoms with Crippen LogP contribution in [0.2, 0.25) is 0 Å². The van der Waals surface area contributed by atoms with Crippen LogP contribution in [0.4, 0.5) is 0 Å². The number of hydrogen-bond donors (Lipinski definition) is 0. The number of nitrogens with zero attached hydrogens (tertiary/aromatic N) is 3. The first-order chi connectivity index (χ1) is 9.42. The lowest BCUT2D eigenvalue weighted by Gasteiger charge is -1.92. The van der Waals surface area contributed by atoms with Gasteiger partial charge in [0, 0.05) is 11.8 Å². The molecule has 1 aromatic carbocycles. The van der Waals surface area contributed by atoms with Gasteiger partial charge < -0.3 is 0 Å². The van der Waals surface area contributed by atoms with Gasteiger partial charge in [-0.15, -0.1) is 0 Å². The number of pyridine rings is 1. The molecule has 0 atom stereocenters. The molecule has 5 rings (SSSR count). The average Bonchev–Trinajstić information content (AvgIpc) is 3.04. The van der Waals surface area contributed by atoms with Crippen molar-refractivity contribution in [2.45, 2.75) is 6.54 Å². The van der Waals surface area contributed by atoms with Gasteiger partial charge >= 0.3 is 0 Å². The van der Waals surface area contributed by atoms with Gasteiger partial charge in [0.2, 0.25) is 10.5 Å². The zero-order valence-electron chi connectivity index (χ0n) is 10.1. The Hall–Kier alpha value is -2.20. The van der Waals surface area contributed by atoms with E-state index < -0.39 is 0 Å². The number of imidazole rings is 1. The molecule has 0 fully saturated rings. The minimum absolute atomic E-state index is 0.967. The number of aromatic nitrogens is 3. The van der Waals surface area contributed by atoms with Crippen LogP contribution in [0.1, 0.15) is 5.56 Å². The highest BCUT2D eigenvalue weighted by atomic mass is 32.1. The first kappa shape index (κ1) is 9.69. The molecule has 0 amide bonds. The maximum atomic E-state index is 4.55. The van der Waals surface area contributed by atoms with Crippen molar-refractivity contribution in [2.24, 2.45) is 0 Å². The summed E-state index contributed by atoms with van der Waals surface area (Å²) in [7, 11) is 0. The van der Waals surface area contributed by atoms with Crippen molar-refractivity contribution >= 4 is 26.5 Å². The predicted octanol–water partition coefficient (Wildman–Crippen LogP) is 2.87. The molecule has 3 nitrogen and oxygen atoms in total. The fourth-order valence-electron chi connectivity index (χ4n) is 2.96. The SMILES string of the molecule is c1ccc2c(c1)C[n+]1cc3sc4cccnc4n3c1-2. The molecule has 0 unspecified atom stereocenters. The molecule has 90 valence electrons. The van der Waals surface area contributed by atoms with Crippen LogP contribution in [-0.2, 0) is 6.54 Å². The van der Waals surface area contributed by atoms with Crippen molar-refractivity contribution in [3.8, 4) is 11.4 Å². The average molecular weight is 264 g/mol. The molecule has 0 saturated heterocycles. The first-order valence-electron chi connectivity index (χ1n) is 6.28. The van der Waals surface area contributed by atoms with E-state index in [-0.39, 0.29) is 0 Å². The summed E-state index contributed by atoms with van der Waals surface area (Å²) in [6.07, 6.45) is 4.11. The molecule has 0 N–H and O–H groups in total. The molecule has 4 aromatic rings. The Morgan fingerprint density at radius 3 is 3.11 bits per heavy atom. The monoisotopic (exact) mass is 264 g/mol. The first-order valence-corrected chi connectivity index (χ1v) is 7.10. The molecule has 0 spiro atoms. The van der Waals surface area contributed by atoms with E-state index in [1.54, 1.807) is 11.3 Å². The Labute approximate surface area is 113 Å². The second-order valence-corrected chi connectivity index (χ2v) is 5.90. The van der Waals surface area contributed by atoms with Gasteiger partial charge in [-0.25, -0.2) is 9.55 Å². The van der Waals surface area contributed by atoms with Gasteiger partial charge in [0.15, 0.2) is 0 Å². The number of hydrogen-bond acceptors (Lipinski definition) is 2.